The van der Waals surface area contributed by atoms with Crippen LogP contribution < -0.4 is 0 Å². The SMILES string of the molecule is Cc1nc2ccccc2n1-c1c(F)c(F)c(F)c(F)c1C(F)(F)F. The summed E-state index contributed by atoms with van der Waals surface area (Å²) in [7, 11) is 0. The Bertz CT molecular complexity index is 957. The van der Waals surface area contributed by atoms with E-state index in [2.05, 4.69) is 4.98 Å². The van der Waals surface area contributed by atoms with Gasteiger partial charge in [0, 0.05) is 0 Å². The molecule has 24 heavy (non-hydrogen) atoms. The molecule has 0 saturated heterocycles. The molecule has 3 aromatic rings. The molecule has 0 amide bonds. The van der Waals surface area contributed by atoms with E-state index in [0.717, 1.165) is 0 Å². The molecule has 0 saturated carbocycles. The number of hydrogen-bond donors (Lipinski definition) is 0. The van der Waals surface area contributed by atoms with Gasteiger partial charge in [-0.25, -0.2) is 22.5 Å². The minimum absolute atomic E-state index is 0.00944. The summed E-state index contributed by atoms with van der Waals surface area (Å²) in [6.07, 6.45) is -5.45. The predicted molar refractivity (Wildman–Crippen MR) is 70.6 cm³/mol. The molecule has 1 heterocycles. The lowest BCUT2D eigenvalue weighted by atomic mass is 10.1. The van der Waals surface area contributed by atoms with Crippen molar-refractivity contribution in [2.24, 2.45) is 0 Å². The van der Waals surface area contributed by atoms with Crippen molar-refractivity contribution in [1.29, 1.82) is 0 Å². The van der Waals surface area contributed by atoms with E-state index in [1.807, 2.05) is 0 Å². The maximum atomic E-state index is 14.2. The van der Waals surface area contributed by atoms with Crippen molar-refractivity contribution in [2.75, 3.05) is 0 Å². The number of rotatable bonds is 1. The van der Waals surface area contributed by atoms with Crippen LogP contribution >= 0.6 is 0 Å². The number of aromatic nitrogens is 2. The second-order valence-electron chi connectivity index (χ2n) is 4.96. The maximum Gasteiger partial charge on any atom is 0.421 e. The number of alkyl halides is 3. The molecule has 3 rings (SSSR count). The van der Waals surface area contributed by atoms with Gasteiger partial charge in [0.1, 0.15) is 17.1 Å². The van der Waals surface area contributed by atoms with Gasteiger partial charge in [0.05, 0.1) is 11.0 Å². The third kappa shape index (κ3) is 2.22. The van der Waals surface area contributed by atoms with Crippen LogP contribution in [-0.4, -0.2) is 9.55 Å². The first-order valence-electron chi connectivity index (χ1n) is 6.52. The number of imidazole rings is 1. The zero-order valence-corrected chi connectivity index (χ0v) is 11.8. The molecule has 0 radical (unpaired) electrons. The molecular formula is C15H7F7N2. The van der Waals surface area contributed by atoms with Crippen LogP contribution in [0.3, 0.4) is 0 Å². The molecule has 0 fully saturated rings. The first kappa shape index (κ1) is 16.3. The molecule has 0 N–H and O–H groups in total. The minimum Gasteiger partial charge on any atom is -0.293 e. The highest BCUT2D eigenvalue weighted by atomic mass is 19.4. The largest absolute Gasteiger partial charge is 0.421 e. The zero-order valence-electron chi connectivity index (χ0n) is 11.8. The smallest absolute Gasteiger partial charge is 0.293 e. The van der Waals surface area contributed by atoms with Gasteiger partial charge in [0.2, 0.25) is 0 Å². The Labute approximate surface area is 130 Å². The van der Waals surface area contributed by atoms with Gasteiger partial charge in [0.15, 0.2) is 23.3 Å². The fourth-order valence-electron chi connectivity index (χ4n) is 2.52. The molecule has 126 valence electrons. The number of para-hydroxylation sites is 2. The van der Waals surface area contributed by atoms with Crippen molar-refractivity contribution in [2.45, 2.75) is 13.1 Å². The lowest BCUT2D eigenvalue weighted by Gasteiger charge is -2.18. The van der Waals surface area contributed by atoms with E-state index in [4.69, 9.17) is 0 Å². The van der Waals surface area contributed by atoms with Gasteiger partial charge in [-0.05, 0) is 19.1 Å². The Morgan fingerprint density at radius 1 is 0.875 bits per heavy atom. The lowest BCUT2D eigenvalue weighted by Crippen LogP contribution is -2.19. The molecule has 0 spiro atoms. The van der Waals surface area contributed by atoms with Gasteiger partial charge in [0.25, 0.3) is 0 Å². The van der Waals surface area contributed by atoms with Crippen LogP contribution in [0.1, 0.15) is 11.4 Å². The van der Waals surface area contributed by atoms with E-state index >= 15 is 0 Å². The minimum atomic E-state index is -5.45. The summed E-state index contributed by atoms with van der Waals surface area (Å²) >= 11 is 0. The predicted octanol–water partition coefficient (Wildman–Crippen LogP) is 4.91. The van der Waals surface area contributed by atoms with Crippen molar-refractivity contribution in [3.05, 3.63) is 58.9 Å². The molecule has 0 aliphatic rings. The van der Waals surface area contributed by atoms with Crippen molar-refractivity contribution >= 4 is 11.0 Å². The third-order valence-corrected chi connectivity index (χ3v) is 3.48. The molecule has 0 unspecified atom stereocenters. The summed E-state index contributed by atoms with van der Waals surface area (Å²) in [5, 5.41) is 0. The van der Waals surface area contributed by atoms with Gasteiger partial charge in [-0.15, -0.1) is 0 Å². The van der Waals surface area contributed by atoms with Crippen LogP contribution in [0.2, 0.25) is 0 Å². The Kier molecular flexibility index (Phi) is 3.54. The molecule has 2 nitrogen and oxygen atoms in total. The van der Waals surface area contributed by atoms with Crippen molar-refractivity contribution in [3.63, 3.8) is 0 Å². The quantitative estimate of drug-likeness (QED) is 0.347. The zero-order chi connectivity index (χ0) is 17.8. The van der Waals surface area contributed by atoms with Crippen LogP contribution in [0.5, 0.6) is 0 Å². The van der Waals surface area contributed by atoms with Gasteiger partial charge in [-0.2, -0.15) is 13.2 Å². The van der Waals surface area contributed by atoms with Crippen LogP contribution in [0, 0.1) is 30.2 Å². The highest BCUT2D eigenvalue weighted by Crippen LogP contribution is 2.40. The van der Waals surface area contributed by atoms with Crippen LogP contribution in [0.4, 0.5) is 30.7 Å². The Balaban J connectivity index is 2.54. The number of aryl methyl sites for hydroxylation is 1. The molecule has 9 heteroatoms. The average Bonchev–Trinajstić information content (AvgIpc) is 2.83. The number of nitrogens with zero attached hydrogens (tertiary/aromatic N) is 2. The summed E-state index contributed by atoms with van der Waals surface area (Å²) < 4.78 is 95.0. The first-order valence-corrected chi connectivity index (χ1v) is 6.52. The maximum absolute atomic E-state index is 14.2. The van der Waals surface area contributed by atoms with Crippen LogP contribution in [0.15, 0.2) is 24.3 Å². The molecule has 0 aliphatic carbocycles. The molecule has 0 atom stereocenters. The van der Waals surface area contributed by atoms with Crippen LogP contribution in [0.25, 0.3) is 16.7 Å². The Morgan fingerprint density at radius 2 is 1.46 bits per heavy atom. The fourth-order valence-corrected chi connectivity index (χ4v) is 2.52. The van der Waals surface area contributed by atoms with Gasteiger partial charge in [-0.1, -0.05) is 12.1 Å². The number of fused-ring (bicyclic) bond motifs is 1. The Hall–Kier alpha value is -2.58. The fraction of sp³-hybridized carbons (Fsp3) is 0.133. The number of benzene rings is 2. The number of hydrogen-bond acceptors (Lipinski definition) is 1. The van der Waals surface area contributed by atoms with E-state index < -0.39 is 40.7 Å². The topological polar surface area (TPSA) is 17.8 Å². The molecule has 0 bridgehead atoms. The van der Waals surface area contributed by atoms with E-state index in [1.165, 1.54) is 31.2 Å². The summed E-state index contributed by atoms with van der Waals surface area (Å²) in [6, 6.07) is 5.70. The lowest BCUT2D eigenvalue weighted by molar-refractivity contribution is -0.140. The summed E-state index contributed by atoms with van der Waals surface area (Å²) in [4.78, 5) is 3.93. The van der Waals surface area contributed by atoms with E-state index in [9.17, 15) is 30.7 Å². The molecule has 1 aromatic heterocycles. The normalized spacial score (nSPS) is 12.2. The van der Waals surface area contributed by atoms with E-state index in [0.29, 0.717) is 4.57 Å². The van der Waals surface area contributed by atoms with Crippen molar-refractivity contribution in [3.8, 4) is 5.69 Å². The highest BCUT2D eigenvalue weighted by molar-refractivity contribution is 5.78. The van der Waals surface area contributed by atoms with E-state index in [1.54, 1.807) is 0 Å². The van der Waals surface area contributed by atoms with Gasteiger partial charge < -0.3 is 0 Å². The van der Waals surface area contributed by atoms with Crippen LogP contribution in [-0.2, 0) is 6.18 Å². The van der Waals surface area contributed by atoms with Crippen molar-refractivity contribution < 1.29 is 30.7 Å². The standard InChI is InChI=1S/C15H7F7N2/c1-6-23-7-4-2-3-5-8(7)24(6)14-9(15(20,21)22)10(16)11(17)12(18)13(14)19/h2-5H,1H3. The molecule has 0 aliphatic heterocycles. The van der Waals surface area contributed by atoms with E-state index in [-0.39, 0.29) is 16.9 Å². The summed E-state index contributed by atoms with van der Waals surface area (Å²) in [5.41, 5.74) is -3.52. The second kappa shape index (κ2) is 5.22. The first-order chi connectivity index (χ1) is 11.1. The number of halogens is 7. The highest BCUT2D eigenvalue weighted by Gasteiger charge is 2.43. The summed E-state index contributed by atoms with van der Waals surface area (Å²) in [5.74, 6) is -9.65. The molecular weight excluding hydrogens is 341 g/mol. The summed E-state index contributed by atoms with van der Waals surface area (Å²) in [6.45, 7) is 1.23. The monoisotopic (exact) mass is 348 g/mol. The Morgan fingerprint density at radius 3 is 2.08 bits per heavy atom. The third-order valence-electron chi connectivity index (χ3n) is 3.48. The van der Waals surface area contributed by atoms with Gasteiger partial charge >= 0.3 is 6.18 Å². The van der Waals surface area contributed by atoms with Gasteiger partial charge in [-0.3, -0.25) is 4.57 Å². The van der Waals surface area contributed by atoms with Crippen molar-refractivity contribution in [1.82, 2.24) is 9.55 Å². The second-order valence-corrected chi connectivity index (χ2v) is 4.96. The average molecular weight is 348 g/mol. The molecule has 2 aromatic carbocycles.